The van der Waals surface area contributed by atoms with Crippen LogP contribution >= 0.6 is 0 Å². The summed E-state index contributed by atoms with van der Waals surface area (Å²) in [6, 6.07) is 12.7. The third-order valence-corrected chi connectivity index (χ3v) is 10.6. The highest BCUT2D eigenvalue weighted by Crippen LogP contribution is 3.00. The van der Waals surface area contributed by atoms with Crippen molar-refractivity contribution in [2.45, 2.75) is 57.2 Å². The zero-order valence-corrected chi connectivity index (χ0v) is 23.1. The lowest BCUT2D eigenvalue weighted by molar-refractivity contribution is -0.0939. The Hall–Kier alpha value is -3.00. The number of aromatic nitrogens is 3. The third-order valence-electron chi connectivity index (χ3n) is 10.6. The van der Waals surface area contributed by atoms with E-state index in [9.17, 15) is 0 Å². The van der Waals surface area contributed by atoms with Gasteiger partial charge in [-0.2, -0.15) is 0 Å². The summed E-state index contributed by atoms with van der Waals surface area (Å²) in [5.41, 5.74) is 6.04. The first-order valence-corrected chi connectivity index (χ1v) is 14.8. The molecule has 0 amide bonds. The predicted molar refractivity (Wildman–Crippen MR) is 153 cm³/mol. The molecule has 0 radical (unpaired) electrons. The summed E-state index contributed by atoms with van der Waals surface area (Å²) >= 11 is 0. The Kier molecular flexibility index (Phi) is 5.57. The van der Waals surface area contributed by atoms with E-state index < -0.39 is 0 Å². The molecule has 40 heavy (non-hydrogen) atoms. The van der Waals surface area contributed by atoms with Gasteiger partial charge in [0.25, 0.3) is 0 Å². The van der Waals surface area contributed by atoms with E-state index in [1.807, 2.05) is 24.7 Å². The van der Waals surface area contributed by atoms with Gasteiger partial charge in [-0.05, 0) is 61.3 Å². The molecule has 4 fully saturated rings. The second-order valence-corrected chi connectivity index (χ2v) is 12.9. The summed E-state index contributed by atoms with van der Waals surface area (Å²) in [6.07, 6.45) is 13.8. The van der Waals surface area contributed by atoms with Crippen LogP contribution in [-0.2, 0) is 16.5 Å². The number of aryl methyl sites for hydroxylation is 1. The topological polar surface area (TPSA) is 78.6 Å². The van der Waals surface area contributed by atoms with Crippen molar-refractivity contribution < 1.29 is 19.3 Å². The molecule has 4 aliphatic carbocycles. The number of unbranched alkanes of at least 4 members (excludes halogenated alkanes) is 1. The zero-order chi connectivity index (χ0) is 27.0. The van der Waals surface area contributed by atoms with Crippen LogP contribution in [0.4, 0.5) is 0 Å². The molecule has 3 atom stereocenters. The van der Waals surface area contributed by atoms with Gasteiger partial charge >= 0.3 is 0 Å². The highest BCUT2D eigenvalue weighted by molar-refractivity contribution is 6.08. The summed E-state index contributed by atoms with van der Waals surface area (Å²) in [5.74, 6) is 0.685. The Morgan fingerprint density at radius 2 is 1.75 bits per heavy atom. The molecule has 4 saturated carbocycles. The van der Waals surface area contributed by atoms with E-state index in [2.05, 4.69) is 51.9 Å². The fourth-order valence-electron chi connectivity index (χ4n) is 8.19. The van der Waals surface area contributed by atoms with Crippen molar-refractivity contribution in [3.8, 4) is 17.0 Å². The van der Waals surface area contributed by atoms with Gasteiger partial charge < -0.3 is 23.9 Å². The van der Waals surface area contributed by atoms with Crippen molar-refractivity contribution in [1.82, 2.24) is 14.5 Å². The summed E-state index contributed by atoms with van der Waals surface area (Å²) in [7, 11) is 2.10. The fourth-order valence-corrected chi connectivity index (χ4v) is 8.19. The van der Waals surface area contributed by atoms with E-state index in [0.29, 0.717) is 28.2 Å². The van der Waals surface area contributed by atoms with Crippen LogP contribution in [0.25, 0.3) is 32.9 Å². The average molecular weight is 540 g/mol. The molecule has 0 saturated heterocycles. The first-order chi connectivity index (χ1) is 19.6. The van der Waals surface area contributed by atoms with Gasteiger partial charge in [-0.1, -0.05) is 12.1 Å². The molecule has 3 aromatic heterocycles. The van der Waals surface area contributed by atoms with Crippen LogP contribution in [0.15, 0.2) is 55.0 Å². The number of aliphatic hydroxyl groups is 1. The second kappa shape index (κ2) is 9.00. The van der Waals surface area contributed by atoms with E-state index in [1.54, 1.807) is 0 Å². The molecule has 7 heteroatoms. The van der Waals surface area contributed by atoms with E-state index in [0.717, 1.165) is 56.6 Å². The van der Waals surface area contributed by atoms with Gasteiger partial charge in [0.05, 0.1) is 24.8 Å². The number of nitrogens with zero attached hydrogens (tertiary/aromatic N) is 3. The molecule has 8 rings (SSSR count). The molecule has 4 aliphatic rings. The van der Waals surface area contributed by atoms with E-state index in [-0.39, 0.29) is 12.7 Å². The smallest absolute Gasteiger partial charge is 0.213 e. The first-order valence-electron chi connectivity index (χ1n) is 14.8. The summed E-state index contributed by atoms with van der Waals surface area (Å²) < 4.78 is 20.7. The molecule has 1 aromatic carbocycles. The van der Waals surface area contributed by atoms with Crippen LogP contribution in [0.3, 0.4) is 0 Å². The molecule has 1 N–H and O–H groups in total. The number of pyridine rings is 2. The lowest BCUT2D eigenvalue weighted by atomic mass is 9.75. The summed E-state index contributed by atoms with van der Waals surface area (Å²) in [5, 5.41) is 11.3. The third kappa shape index (κ3) is 3.67. The van der Waals surface area contributed by atoms with E-state index >= 15 is 0 Å². The molecule has 4 aromatic rings. The van der Waals surface area contributed by atoms with Crippen LogP contribution in [0, 0.1) is 16.2 Å². The van der Waals surface area contributed by atoms with Gasteiger partial charge in [-0.25, -0.2) is 4.98 Å². The normalized spacial score (nSPS) is 31.4. The lowest BCUT2D eigenvalue weighted by Gasteiger charge is -2.39. The van der Waals surface area contributed by atoms with Crippen LogP contribution in [0.5, 0.6) is 5.88 Å². The number of aliphatic hydroxyl groups excluding tert-OH is 1. The van der Waals surface area contributed by atoms with Gasteiger partial charge in [-0.15, -0.1) is 0 Å². The summed E-state index contributed by atoms with van der Waals surface area (Å²) in [6.45, 7) is 2.85. The van der Waals surface area contributed by atoms with Crippen LogP contribution < -0.4 is 4.74 Å². The number of benzene rings is 1. The monoisotopic (exact) mass is 539 g/mol. The Morgan fingerprint density at radius 3 is 2.55 bits per heavy atom. The van der Waals surface area contributed by atoms with Crippen molar-refractivity contribution in [3.63, 3.8) is 0 Å². The number of hydrogen-bond acceptors (Lipinski definition) is 6. The second-order valence-electron chi connectivity index (χ2n) is 12.9. The fraction of sp³-hybridized carbons (Fsp3) is 0.515. The van der Waals surface area contributed by atoms with Crippen molar-refractivity contribution in [3.05, 3.63) is 55.0 Å². The van der Waals surface area contributed by atoms with Gasteiger partial charge in [-0.3, -0.25) is 4.98 Å². The van der Waals surface area contributed by atoms with Crippen molar-refractivity contribution >= 4 is 21.8 Å². The minimum Gasteiger partial charge on any atom is -0.474 e. The Bertz CT molecular complexity index is 1580. The van der Waals surface area contributed by atoms with Crippen LogP contribution in [0.1, 0.15) is 44.9 Å². The lowest BCUT2D eigenvalue weighted by Crippen LogP contribution is -2.42. The number of rotatable bonds is 12. The van der Waals surface area contributed by atoms with Crippen LogP contribution in [0.2, 0.25) is 0 Å². The van der Waals surface area contributed by atoms with Crippen molar-refractivity contribution in [2.24, 2.45) is 23.3 Å². The highest BCUT2D eigenvalue weighted by atomic mass is 16.5. The van der Waals surface area contributed by atoms with Gasteiger partial charge in [0.1, 0.15) is 6.10 Å². The van der Waals surface area contributed by atoms with Gasteiger partial charge in [0.2, 0.25) is 5.88 Å². The maximum absolute atomic E-state index is 8.91. The Morgan fingerprint density at radius 1 is 0.900 bits per heavy atom. The van der Waals surface area contributed by atoms with Crippen molar-refractivity contribution in [1.29, 1.82) is 0 Å². The maximum Gasteiger partial charge on any atom is 0.213 e. The maximum atomic E-state index is 8.91. The van der Waals surface area contributed by atoms with Crippen molar-refractivity contribution in [2.75, 3.05) is 26.4 Å². The minimum atomic E-state index is 0.184. The van der Waals surface area contributed by atoms with Crippen LogP contribution in [-0.4, -0.2) is 58.3 Å². The number of fused-ring (bicyclic) bond motifs is 3. The quantitative estimate of drug-likeness (QED) is 0.234. The average Bonchev–Trinajstić information content (AvgIpc) is 3.65. The standard InChI is InChI=1S/C33H37N3O4/c1-36-28-8-9-34-16-27(28)26-6-4-22(12-29(26)36)23-5-7-30(35-15-23)40-25-13-24(14-25)39-21-32-17-31(18-33(31,32)19-32)20-38-11-3-2-10-37/h4-9,12,15-16,24-25,37H,2-3,10-11,13-14,17-21H2,1H3/t24-,25-,31?,32?,33?. The Labute approximate surface area is 234 Å². The minimum absolute atomic E-state index is 0.184. The first kappa shape index (κ1) is 24.8. The zero-order valence-electron chi connectivity index (χ0n) is 23.1. The predicted octanol–water partition coefficient (Wildman–Crippen LogP) is 5.67. The molecule has 0 bridgehead atoms. The van der Waals surface area contributed by atoms with E-state index in [1.165, 1.54) is 41.1 Å². The number of ether oxygens (including phenoxy) is 3. The Balaban J connectivity index is 0.813. The molecule has 1 spiro atoms. The largest absolute Gasteiger partial charge is 0.474 e. The SMILES string of the molecule is Cn1c2ccncc2c2ccc(-c3ccc(O[C@H]4C[C@H](OCC56CC7(COCCCCO)CC75C6)C4)nc3)cc21. The molecular formula is C33H37N3O4. The van der Waals surface area contributed by atoms with E-state index in [4.69, 9.17) is 19.3 Å². The molecule has 0 aliphatic heterocycles. The molecular weight excluding hydrogens is 502 g/mol. The highest BCUT2D eigenvalue weighted by Gasteiger charge is 2.96. The van der Waals surface area contributed by atoms with Gasteiger partial charge in [0.15, 0.2) is 0 Å². The molecule has 7 nitrogen and oxygen atoms in total. The summed E-state index contributed by atoms with van der Waals surface area (Å²) in [4.78, 5) is 8.92. The molecule has 3 heterocycles. The molecule has 3 unspecified atom stereocenters. The molecule has 208 valence electrons. The number of hydrogen-bond donors (Lipinski definition) is 1. The van der Waals surface area contributed by atoms with Gasteiger partial charge in [0, 0.05) is 90.4 Å².